The summed E-state index contributed by atoms with van der Waals surface area (Å²) in [5, 5.41) is 0.141. The topological polar surface area (TPSA) is 69.1 Å². The Bertz CT molecular complexity index is 411. The second-order valence-corrected chi connectivity index (χ2v) is 5.13. The predicted octanol–water partition coefficient (Wildman–Crippen LogP) is 2.62. The first-order valence-electron chi connectivity index (χ1n) is 6.70. The average Bonchev–Trinajstić information content (AvgIpc) is 2.39. The third kappa shape index (κ3) is 4.23. The summed E-state index contributed by atoms with van der Waals surface area (Å²) >= 11 is 5.89. The molecule has 1 heterocycles. The van der Waals surface area contributed by atoms with Crippen LogP contribution >= 0.6 is 11.6 Å². The Morgan fingerprint density at radius 2 is 1.95 bits per heavy atom. The van der Waals surface area contributed by atoms with Gasteiger partial charge in [0, 0.05) is 18.3 Å². The van der Waals surface area contributed by atoms with Crippen molar-refractivity contribution in [3.8, 4) is 0 Å². The Balaban J connectivity index is 2.66. The molecule has 0 bridgehead atoms. The molecule has 2 atom stereocenters. The summed E-state index contributed by atoms with van der Waals surface area (Å²) in [7, 11) is 0. The Hall–Kier alpha value is -1.56. The number of amides is 2. The molecule has 7 heteroatoms. The van der Waals surface area contributed by atoms with Crippen LogP contribution in [0.5, 0.6) is 0 Å². The summed E-state index contributed by atoms with van der Waals surface area (Å²) in [4.78, 5) is 21.6. The monoisotopic (exact) mass is 299 g/mol. The number of hydrogen-bond donors (Lipinski definition) is 2. The minimum Gasteiger partial charge on any atom is -0.318 e. The number of aliphatic imine (C=N–C) groups is 2. The van der Waals surface area contributed by atoms with Crippen molar-refractivity contribution in [2.24, 2.45) is 9.98 Å². The number of halogens is 1. The van der Waals surface area contributed by atoms with Gasteiger partial charge in [0.15, 0.2) is 11.0 Å². The minimum absolute atomic E-state index is 0.141. The molecule has 6 nitrogen and oxygen atoms in total. The fourth-order valence-electron chi connectivity index (χ4n) is 2.33. The lowest BCUT2D eigenvalue weighted by molar-refractivity contribution is 0.121. The number of piperidine rings is 1. The van der Waals surface area contributed by atoms with Gasteiger partial charge in [0.05, 0.1) is 0 Å². The highest BCUT2D eigenvalue weighted by atomic mass is 35.5. The van der Waals surface area contributed by atoms with Crippen molar-refractivity contribution >= 4 is 30.6 Å². The van der Waals surface area contributed by atoms with Gasteiger partial charge in [-0.1, -0.05) is 11.6 Å². The van der Waals surface area contributed by atoms with E-state index in [2.05, 4.69) is 27.6 Å². The molecular weight excluding hydrogens is 278 g/mol. The normalized spacial score (nSPS) is 24.3. The lowest BCUT2D eigenvalue weighted by atomic mass is 9.98. The highest BCUT2D eigenvalue weighted by Gasteiger charge is 2.28. The summed E-state index contributed by atoms with van der Waals surface area (Å²) in [6.45, 7) is 9.22. The zero-order valence-corrected chi connectivity index (χ0v) is 12.9. The van der Waals surface area contributed by atoms with Crippen LogP contribution in [0, 0.1) is 0 Å². The molecule has 0 unspecified atom stereocenters. The van der Waals surface area contributed by atoms with Gasteiger partial charge in [-0.15, -0.1) is 0 Å². The van der Waals surface area contributed by atoms with Gasteiger partial charge in [0.1, 0.15) is 0 Å². The standard InChI is InChI=1S/C13H22ClN5O/c1-5-16-11(14)12(15-4)17-18-13(20)19-9(2)7-6-8-10(19)3/h5,9-10,17H,4,6-8H2,1-3H3,(H,18,20)/b12-11+,16-5-/t9-,10-/m1/s1. The van der Waals surface area contributed by atoms with Crippen LogP contribution in [-0.4, -0.2) is 35.9 Å². The van der Waals surface area contributed by atoms with Crippen molar-refractivity contribution in [1.29, 1.82) is 0 Å². The molecule has 0 radical (unpaired) electrons. The van der Waals surface area contributed by atoms with Gasteiger partial charge in [-0.25, -0.2) is 14.8 Å². The van der Waals surface area contributed by atoms with Gasteiger partial charge < -0.3 is 4.90 Å². The molecule has 20 heavy (non-hydrogen) atoms. The number of hydrogen-bond acceptors (Lipinski definition) is 4. The number of carbonyl (C=O) groups is 1. The van der Waals surface area contributed by atoms with Crippen LogP contribution in [0.3, 0.4) is 0 Å². The van der Waals surface area contributed by atoms with E-state index in [9.17, 15) is 4.79 Å². The fourth-order valence-corrected chi connectivity index (χ4v) is 2.53. The second kappa shape index (κ2) is 7.89. The van der Waals surface area contributed by atoms with Gasteiger partial charge in [-0.2, -0.15) is 0 Å². The zero-order chi connectivity index (χ0) is 15.1. The highest BCUT2D eigenvalue weighted by molar-refractivity contribution is 6.30. The van der Waals surface area contributed by atoms with Crippen molar-refractivity contribution in [3.05, 3.63) is 11.0 Å². The number of nitrogens with zero attached hydrogens (tertiary/aromatic N) is 3. The molecule has 1 aliphatic rings. The smallest absolute Gasteiger partial charge is 0.318 e. The maximum Gasteiger partial charge on any atom is 0.336 e. The van der Waals surface area contributed by atoms with E-state index in [4.69, 9.17) is 11.6 Å². The van der Waals surface area contributed by atoms with Gasteiger partial charge >= 0.3 is 6.03 Å². The summed E-state index contributed by atoms with van der Waals surface area (Å²) in [6.07, 6.45) is 4.71. The Labute approximate surface area is 125 Å². The number of urea groups is 1. The van der Waals surface area contributed by atoms with E-state index in [0.29, 0.717) is 0 Å². The molecule has 0 aliphatic carbocycles. The summed E-state index contributed by atoms with van der Waals surface area (Å²) in [5.41, 5.74) is 5.25. The van der Waals surface area contributed by atoms with Gasteiger partial charge in [0.2, 0.25) is 0 Å². The van der Waals surface area contributed by atoms with Crippen molar-refractivity contribution in [3.63, 3.8) is 0 Å². The third-order valence-electron chi connectivity index (χ3n) is 3.31. The molecule has 1 rings (SSSR count). The molecule has 2 amide bonds. The van der Waals surface area contributed by atoms with E-state index in [0.717, 1.165) is 19.3 Å². The van der Waals surface area contributed by atoms with Gasteiger partial charge in [-0.3, -0.25) is 10.9 Å². The van der Waals surface area contributed by atoms with Crippen molar-refractivity contribution in [2.45, 2.75) is 52.1 Å². The average molecular weight is 300 g/mol. The Morgan fingerprint density at radius 1 is 1.35 bits per heavy atom. The van der Waals surface area contributed by atoms with Crippen LogP contribution in [-0.2, 0) is 0 Å². The molecule has 0 aromatic rings. The van der Waals surface area contributed by atoms with E-state index in [1.165, 1.54) is 6.21 Å². The molecule has 1 saturated heterocycles. The predicted molar refractivity (Wildman–Crippen MR) is 82.9 cm³/mol. The van der Waals surface area contributed by atoms with Crippen LogP contribution in [0.1, 0.15) is 40.0 Å². The first kappa shape index (κ1) is 16.5. The highest BCUT2D eigenvalue weighted by Crippen LogP contribution is 2.22. The van der Waals surface area contributed by atoms with E-state index in [-0.39, 0.29) is 29.1 Å². The Kier molecular flexibility index (Phi) is 6.51. The van der Waals surface area contributed by atoms with Crippen LogP contribution in [0.2, 0.25) is 0 Å². The van der Waals surface area contributed by atoms with Crippen molar-refractivity contribution < 1.29 is 4.79 Å². The molecular formula is C13H22ClN5O. The summed E-state index contributed by atoms with van der Waals surface area (Å²) < 4.78 is 0. The van der Waals surface area contributed by atoms with Crippen molar-refractivity contribution in [1.82, 2.24) is 15.8 Å². The number of likely N-dealkylation sites (tertiary alicyclic amines) is 1. The molecule has 2 N–H and O–H groups in total. The third-order valence-corrected chi connectivity index (χ3v) is 3.59. The Morgan fingerprint density at radius 3 is 2.45 bits per heavy atom. The fraction of sp³-hybridized carbons (Fsp3) is 0.615. The minimum atomic E-state index is -0.198. The van der Waals surface area contributed by atoms with Crippen LogP contribution in [0.4, 0.5) is 4.79 Å². The first-order chi connectivity index (χ1) is 9.51. The largest absolute Gasteiger partial charge is 0.336 e. The van der Waals surface area contributed by atoms with Crippen molar-refractivity contribution in [2.75, 3.05) is 0 Å². The number of rotatable bonds is 4. The van der Waals surface area contributed by atoms with Crippen LogP contribution in [0.25, 0.3) is 0 Å². The maximum atomic E-state index is 12.2. The number of nitrogens with one attached hydrogen (secondary N) is 2. The van der Waals surface area contributed by atoms with Gasteiger partial charge in [0.25, 0.3) is 0 Å². The first-order valence-corrected chi connectivity index (χ1v) is 7.08. The summed E-state index contributed by atoms with van der Waals surface area (Å²) in [6, 6.07) is 0.235. The maximum absolute atomic E-state index is 12.2. The van der Waals surface area contributed by atoms with E-state index >= 15 is 0 Å². The van der Waals surface area contributed by atoms with Crippen LogP contribution < -0.4 is 10.9 Å². The quantitative estimate of drug-likeness (QED) is 0.476. The van der Waals surface area contributed by atoms with E-state index in [1.807, 2.05) is 18.7 Å². The lowest BCUT2D eigenvalue weighted by Crippen LogP contribution is -2.54. The molecule has 112 valence electrons. The van der Waals surface area contributed by atoms with E-state index < -0.39 is 0 Å². The number of carbonyl (C=O) groups excluding carboxylic acids is 1. The lowest BCUT2D eigenvalue weighted by Gasteiger charge is -2.38. The zero-order valence-electron chi connectivity index (χ0n) is 12.2. The number of hydrazine groups is 1. The summed E-state index contributed by atoms with van der Waals surface area (Å²) in [5.74, 6) is 0.218. The SMILES string of the molecule is C=N/C(NNC(=O)N1[C@H](C)CCC[C@H]1C)=C(Cl)\N=C/C. The molecule has 0 aromatic heterocycles. The molecule has 0 spiro atoms. The van der Waals surface area contributed by atoms with Crippen LogP contribution in [0.15, 0.2) is 21.0 Å². The molecule has 0 saturated carbocycles. The molecule has 1 fully saturated rings. The second-order valence-electron chi connectivity index (χ2n) is 4.78. The van der Waals surface area contributed by atoms with Gasteiger partial charge in [-0.05, 0) is 46.8 Å². The van der Waals surface area contributed by atoms with E-state index in [1.54, 1.807) is 6.92 Å². The molecule has 0 aromatic carbocycles. The molecule has 1 aliphatic heterocycles.